The molecule has 0 aromatic carbocycles. The molecule has 2 amide bonds. The van der Waals surface area contributed by atoms with Crippen LogP contribution in [0.15, 0.2) is 24.5 Å². The van der Waals surface area contributed by atoms with Gasteiger partial charge in [0.05, 0.1) is 23.5 Å². The molecule has 2 saturated heterocycles. The van der Waals surface area contributed by atoms with Gasteiger partial charge in [0.2, 0.25) is 5.91 Å². The van der Waals surface area contributed by atoms with Gasteiger partial charge in [-0.2, -0.15) is 5.10 Å². The number of nitrogens with one attached hydrogen (secondary N) is 1. The monoisotopic (exact) mass is 382 g/mol. The zero-order valence-corrected chi connectivity index (χ0v) is 16.4. The van der Waals surface area contributed by atoms with Crippen LogP contribution in [0.25, 0.3) is 0 Å². The van der Waals surface area contributed by atoms with Crippen molar-refractivity contribution in [3.63, 3.8) is 0 Å². The molecule has 8 heteroatoms. The van der Waals surface area contributed by atoms with E-state index >= 15 is 0 Å². The Morgan fingerprint density at radius 1 is 1.18 bits per heavy atom. The maximum Gasteiger partial charge on any atom is 0.254 e. The Balaban J connectivity index is 1.34. The predicted molar refractivity (Wildman–Crippen MR) is 106 cm³/mol. The number of rotatable bonds is 4. The second kappa shape index (κ2) is 7.61. The van der Waals surface area contributed by atoms with Gasteiger partial charge in [0.25, 0.3) is 5.91 Å². The lowest BCUT2D eigenvalue weighted by Crippen LogP contribution is -2.54. The largest absolute Gasteiger partial charge is 0.357 e. The van der Waals surface area contributed by atoms with E-state index in [0.717, 1.165) is 30.3 Å². The first-order valence-corrected chi connectivity index (χ1v) is 9.82. The van der Waals surface area contributed by atoms with Crippen LogP contribution < -0.4 is 10.2 Å². The Kier molecular flexibility index (Phi) is 5.02. The average molecular weight is 382 g/mol. The molecule has 28 heavy (non-hydrogen) atoms. The molecule has 2 aliphatic rings. The van der Waals surface area contributed by atoms with Crippen LogP contribution in [0.2, 0.25) is 0 Å². The van der Waals surface area contributed by atoms with Gasteiger partial charge in [-0.1, -0.05) is 0 Å². The van der Waals surface area contributed by atoms with E-state index in [9.17, 15) is 9.59 Å². The van der Waals surface area contributed by atoms with E-state index in [1.165, 1.54) is 19.3 Å². The fourth-order valence-corrected chi connectivity index (χ4v) is 3.70. The summed E-state index contributed by atoms with van der Waals surface area (Å²) >= 11 is 0. The SMILES string of the molecule is Cc1c(NC(=O)C2CN(C(=O)c3ccnc(N4CCCCC4)c3)C2)cnn1C. The number of amides is 2. The molecular weight excluding hydrogens is 356 g/mol. The summed E-state index contributed by atoms with van der Waals surface area (Å²) in [5.41, 5.74) is 2.26. The zero-order chi connectivity index (χ0) is 19.7. The Hall–Kier alpha value is -2.90. The van der Waals surface area contributed by atoms with Crippen molar-refractivity contribution in [2.45, 2.75) is 26.2 Å². The molecule has 0 spiro atoms. The van der Waals surface area contributed by atoms with E-state index in [0.29, 0.717) is 18.7 Å². The number of piperidine rings is 1. The minimum Gasteiger partial charge on any atom is -0.357 e. The molecule has 2 aromatic heterocycles. The lowest BCUT2D eigenvalue weighted by atomic mass is 9.97. The van der Waals surface area contributed by atoms with E-state index in [-0.39, 0.29) is 17.7 Å². The van der Waals surface area contributed by atoms with Crippen molar-refractivity contribution < 1.29 is 9.59 Å². The summed E-state index contributed by atoms with van der Waals surface area (Å²) in [7, 11) is 1.83. The number of carbonyl (C=O) groups excluding carboxylic acids is 2. The Labute approximate surface area is 164 Å². The number of likely N-dealkylation sites (tertiary alicyclic amines) is 1. The summed E-state index contributed by atoms with van der Waals surface area (Å²) in [6, 6.07) is 3.63. The van der Waals surface area contributed by atoms with Crippen LogP contribution in [0.3, 0.4) is 0 Å². The molecule has 4 rings (SSSR count). The average Bonchev–Trinajstić information content (AvgIpc) is 2.99. The van der Waals surface area contributed by atoms with E-state index in [4.69, 9.17) is 0 Å². The van der Waals surface area contributed by atoms with Gasteiger partial charge in [0, 0.05) is 45.0 Å². The molecule has 0 atom stereocenters. The van der Waals surface area contributed by atoms with Gasteiger partial charge in [-0.05, 0) is 38.3 Å². The van der Waals surface area contributed by atoms with Crippen LogP contribution in [-0.4, -0.2) is 57.7 Å². The summed E-state index contributed by atoms with van der Waals surface area (Å²) in [5, 5.41) is 7.04. The molecule has 4 heterocycles. The number of aryl methyl sites for hydroxylation is 1. The summed E-state index contributed by atoms with van der Waals surface area (Å²) in [5.74, 6) is 0.575. The van der Waals surface area contributed by atoms with Gasteiger partial charge < -0.3 is 15.1 Å². The van der Waals surface area contributed by atoms with E-state index in [2.05, 4.69) is 20.3 Å². The third kappa shape index (κ3) is 3.58. The quantitative estimate of drug-likeness (QED) is 0.872. The molecule has 2 aliphatic heterocycles. The van der Waals surface area contributed by atoms with Gasteiger partial charge in [-0.15, -0.1) is 0 Å². The standard InChI is InChI=1S/C20H26N6O2/c1-14-17(11-22-24(14)2)23-19(27)16-12-26(13-16)20(28)15-6-7-21-18(10-15)25-8-4-3-5-9-25/h6-7,10-11,16H,3-5,8-9,12-13H2,1-2H3,(H,23,27). The number of aromatic nitrogens is 3. The second-order valence-corrected chi connectivity index (χ2v) is 7.61. The number of anilines is 2. The van der Waals surface area contributed by atoms with Gasteiger partial charge in [-0.3, -0.25) is 14.3 Å². The van der Waals surface area contributed by atoms with Crippen molar-refractivity contribution in [2.75, 3.05) is 36.4 Å². The van der Waals surface area contributed by atoms with Crippen molar-refractivity contribution in [1.29, 1.82) is 0 Å². The van der Waals surface area contributed by atoms with Crippen LogP contribution >= 0.6 is 0 Å². The highest BCUT2D eigenvalue weighted by Crippen LogP contribution is 2.24. The van der Waals surface area contributed by atoms with Crippen molar-refractivity contribution in [3.8, 4) is 0 Å². The summed E-state index contributed by atoms with van der Waals surface area (Å²) in [6.45, 7) is 4.76. The topological polar surface area (TPSA) is 83.4 Å². The van der Waals surface area contributed by atoms with Gasteiger partial charge in [0.15, 0.2) is 0 Å². The number of pyridine rings is 1. The molecule has 1 N–H and O–H groups in total. The smallest absolute Gasteiger partial charge is 0.254 e. The van der Waals surface area contributed by atoms with Gasteiger partial charge in [0.1, 0.15) is 5.82 Å². The summed E-state index contributed by atoms with van der Waals surface area (Å²) in [4.78, 5) is 33.6. The molecule has 8 nitrogen and oxygen atoms in total. The Morgan fingerprint density at radius 2 is 1.93 bits per heavy atom. The summed E-state index contributed by atoms with van der Waals surface area (Å²) < 4.78 is 1.72. The Bertz CT molecular complexity index is 881. The molecule has 0 radical (unpaired) electrons. The highest BCUT2D eigenvalue weighted by Gasteiger charge is 2.36. The highest BCUT2D eigenvalue weighted by molar-refractivity contribution is 5.99. The number of hydrogen-bond donors (Lipinski definition) is 1. The van der Waals surface area contributed by atoms with Crippen molar-refractivity contribution in [1.82, 2.24) is 19.7 Å². The lowest BCUT2D eigenvalue weighted by Gasteiger charge is -2.38. The molecule has 0 bridgehead atoms. The van der Waals surface area contributed by atoms with Crippen molar-refractivity contribution in [3.05, 3.63) is 35.8 Å². The number of nitrogens with zero attached hydrogens (tertiary/aromatic N) is 5. The number of hydrogen-bond acceptors (Lipinski definition) is 5. The molecule has 0 saturated carbocycles. The normalized spacial score (nSPS) is 17.4. The molecule has 0 unspecified atom stereocenters. The van der Waals surface area contributed by atoms with Crippen LogP contribution in [-0.2, 0) is 11.8 Å². The molecule has 2 aromatic rings. The Morgan fingerprint density at radius 3 is 2.61 bits per heavy atom. The molecule has 0 aliphatic carbocycles. The maximum atomic E-state index is 12.8. The van der Waals surface area contributed by atoms with E-state index in [1.807, 2.05) is 20.0 Å². The van der Waals surface area contributed by atoms with Gasteiger partial charge >= 0.3 is 0 Å². The fraction of sp³-hybridized carbons (Fsp3) is 0.500. The first-order valence-electron chi connectivity index (χ1n) is 9.82. The van der Waals surface area contributed by atoms with Crippen LogP contribution in [0.4, 0.5) is 11.5 Å². The molecular formula is C20H26N6O2. The van der Waals surface area contributed by atoms with E-state index < -0.39 is 0 Å². The fourth-order valence-electron chi connectivity index (χ4n) is 3.70. The lowest BCUT2D eigenvalue weighted by molar-refractivity contribution is -0.123. The zero-order valence-electron chi connectivity index (χ0n) is 16.4. The third-order valence-corrected chi connectivity index (χ3v) is 5.71. The van der Waals surface area contributed by atoms with Crippen molar-refractivity contribution >= 4 is 23.3 Å². The predicted octanol–water partition coefficient (Wildman–Crippen LogP) is 1.82. The highest BCUT2D eigenvalue weighted by atomic mass is 16.2. The maximum absolute atomic E-state index is 12.8. The van der Waals surface area contributed by atoms with E-state index in [1.54, 1.807) is 28.0 Å². The molecule has 148 valence electrons. The van der Waals surface area contributed by atoms with Crippen molar-refractivity contribution in [2.24, 2.45) is 13.0 Å². The third-order valence-electron chi connectivity index (χ3n) is 5.71. The second-order valence-electron chi connectivity index (χ2n) is 7.61. The van der Waals surface area contributed by atoms with Crippen LogP contribution in [0.5, 0.6) is 0 Å². The summed E-state index contributed by atoms with van der Waals surface area (Å²) in [6.07, 6.45) is 6.93. The minimum absolute atomic E-state index is 0.0396. The number of carbonyl (C=O) groups is 2. The van der Waals surface area contributed by atoms with Crippen LogP contribution in [0, 0.1) is 12.8 Å². The van der Waals surface area contributed by atoms with Gasteiger partial charge in [-0.25, -0.2) is 4.98 Å². The molecule has 2 fully saturated rings. The first kappa shape index (κ1) is 18.5. The minimum atomic E-state index is -0.188. The first-order chi connectivity index (χ1) is 13.5. The van der Waals surface area contributed by atoms with Crippen LogP contribution in [0.1, 0.15) is 35.3 Å².